The molecule has 0 saturated heterocycles. The van der Waals surface area contributed by atoms with Crippen LogP contribution in [-0.4, -0.2) is 34.9 Å². The van der Waals surface area contributed by atoms with E-state index in [2.05, 4.69) is 141 Å². The summed E-state index contributed by atoms with van der Waals surface area (Å²) in [7, 11) is 0. The molecule has 0 saturated carbocycles. The molecule has 422 valence electrons. The lowest BCUT2D eigenvalue weighted by molar-refractivity contribution is -0.123. The van der Waals surface area contributed by atoms with Crippen LogP contribution in [0.1, 0.15) is 284 Å². The Morgan fingerprint density at radius 1 is 0.338 bits per heavy atom. The first-order chi connectivity index (χ1) is 36.7. The van der Waals surface area contributed by atoms with Crippen molar-refractivity contribution in [2.75, 3.05) is 6.61 Å². The molecule has 74 heavy (non-hydrogen) atoms. The predicted molar refractivity (Wildman–Crippen MR) is 331 cm³/mol. The third kappa shape index (κ3) is 59.4. The topological polar surface area (TPSA) is 69.6 Å². The van der Waals surface area contributed by atoms with E-state index in [9.17, 15) is 15.0 Å². The number of carbonyl (C=O) groups is 1. The standard InChI is InChI=1S/C70H119NO3/c1-3-5-7-9-11-13-15-17-19-21-23-25-27-29-31-33-35-37-39-41-43-45-47-49-51-53-55-57-59-61-63-65-69(73)68(67-72)71-70(74)66-64-62-60-58-56-54-52-50-48-46-44-42-40-38-36-34-32-30-28-26-24-22-20-18-16-14-12-10-8-6-4-2/h6,8,12,14,18,20,24,26,30,32,36,38,42,44,47-50,55,57,63,65,68-69,72-73H,3-5,7,9-11,13,15-17,19,21-23,25,27-29,31,33-35,37,39-41,43,45-46,51-54,56,58-62,64,66-67H2,1-2H3,(H,71,74)/b8-6-,14-12-,20-18-,26-24-,32-30-,38-36-,44-42-,49-47+,50-48-,57-55+,65-63+. The minimum Gasteiger partial charge on any atom is -0.394 e. The van der Waals surface area contributed by atoms with Crippen LogP contribution in [0.5, 0.6) is 0 Å². The van der Waals surface area contributed by atoms with Gasteiger partial charge in [0.1, 0.15) is 0 Å². The average molecular weight is 1020 g/mol. The third-order valence-electron chi connectivity index (χ3n) is 13.6. The van der Waals surface area contributed by atoms with Gasteiger partial charge in [0, 0.05) is 6.42 Å². The Hall–Kier alpha value is -3.47. The molecule has 0 aliphatic carbocycles. The molecule has 0 aromatic carbocycles. The summed E-state index contributed by atoms with van der Waals surface area (Å²) in [5.74, 6) is -0.0964. The summed E-state index contributed by atoms with van der Waals surface area (Å²) in [6.07, 6.45) is 99.2. The summed E-state index contributed by atoms with van der Waals surface area (Å²) < 4.78 is 0. The first-order valence-corrected chi connectivity index (χ1v) is 31.4. The summed E-state index contributed by atoms with van der Waals surface area (Å²) in [5, 5.41) is 23.2. The Morgan fingerprint density at radius 2 is 0.608 bits per heavy atom. The monoisotopic (exact) mass is 1020 g/mol. The van der Waals surface area contributed by atoms with E-state index in [4.69, 9.17) is 0 Å². The second-order valence-corrected chi connectivity index (χ2v) is 20.7. The fourth-order valence-corrected chi connectivity index (χ4v) is 8.87. The van der Waals surface area contributed by atoms with Crippen molar-refractivity contribution in [2.24, 2.45) is 0 Å². The van der Waals surface area contributed by atoms with Crippen LogP contribution >= 0.6 is 0 Å². The van der Waals surface area contributed by atoms with Crippen LogP contribution in [0.3, 0.4) is 0 Å². The fourth-order valence-electron chi connectivity index (χ4n) is 8.87. The molecule has 0 bridgehead atoms. The van der Waals surface area contributed by atoms with Crippen molar-refractivity contribution in [3.05, 3.63) is 134 Å². The number of allylic oxidation sites excluding steroid dienone is 21. The second-order valence-electron chi connectivity index (χ2n) is 20.7. The molecule has 0 fully saturated rings. The summed E-state index contributed by atoms with van der Waals surface area (Å²) in [6.45, 7) is 4.18. The molecule has 0 heterocycles. The van der Waals surface area contributed by atoms with E-state index in [1.165, 1.54) is 161 Å². The fraction of sp³-hybridized carbons (Fsp3) is 0.671. The molecule has 4 heteroatoms. The normalized spacial score (nSPS) is 13.7. The van der Waals surface area contributed by atoms with Gasteiger partial charge in [-0.15, -0.1) is 0 Å². The van der Waals surface area contributed by atoms with Crippen LogP contribution in [0.15, 0.2) is 134 Å². The first-order valence-electron chi connectivity index (χ1n) is 31.4. The van der Waals surface area contributed by atoms with Crippen molar-refractivity contribution in [1.29, 1.82) is 0 Å². The van der Waals surface area contributed by atoms with Gasteiger partial charge in [-0.25, -0.2) is 0 Å². The number of unbranched alkanes of at least 4 members (excludes halogenated alkanes) is 29. The molecule has 4 nitrogen and oxygen atoms in total. The Bertz CT molecular complexity index is 1490. The highest BCUT2D eigenvalue weighted by molar-refractivity contribution is 5.76. The summed E-state index contributed by atoms with van der Waals surface area (Å²) in [4.78, 5) is 12.5. The maximum atomic E-state index is 12.5. The molecule has 0 rings (SSSR count). The smallest absolute Gasteiger partial charge is 0.220 e. The number of aliphatic hydroxyl groups excluding tert-OH is 2. The minimum absolute atomic E-state index is 0.0964. The molecule has 1 amide bonds. The van der Waals surface area contributed by atoms with Gasteiger partial charge in [0.25, 0.3) is 0 Å². The maximum Gasteiger partial charge on any atom is 0.220 e. The zero-order chi connectivity index (χ0) is 53.4. The van der Waals surface area contributed by atoms with Crippen molar-refractivity contribution < 1.29 is 15.0 Å². The van der Waals surface area contributed by atoms with Crippen LogP contribution < -0.4 is 5.32 Å². The Morgan fingerprint density at radius 3 is 0.946 bits per heavy atom. The van der Waals surface area contributed by atoms with Crippen molar-refractivity contribution in [3.8, 4) is 0 Å². The Labute approximate surface area is 460 Å². The van der Waals surface area contributed by atoms with Crippen LogP contribution in [0.2, 0.25) is 0 Å². The van der Waals surface area contributed by atoms with Crippen LogP contribution in [0, 0.1) is 0 Å². The minimum atomic E-state index is -0.889. The largest absolute Gasteiger partial charge is 0.394 e. The van der Waals surface area contributed by atoms with Crippen molar-refractivity contribution in [1.82, 2.24) is 5.32 Å². The van der Waals surface area contributed by atoms with Gasteiger partial charge in [-0.1, -0.05) is 302 Å². The van der Waals surface area contributed by atoms with Crippen LogP contribution in [-0.2, 0) is 4.79 Å². The molecular formula is C70H119NO3. The molecule has 2 atom stereocenters. The molecule has 0 spiro atoms. The molecular weight excluding hydrogens is 903 g/mol. The van der Waals surface area contributed by atoms with Gasteiger partial charge < -0.3 is 15.5 Å². The Balaban J connectivity index is 3.64. The number of nitrogens with one attached hydrogen (secondary N) is 1. The first kappa shape index (κ1) is 70.5. The number of amides is 1. The van der Waals surface area contributed by atoms with Gasteiger partial charge in [-0.3, -0.25) is 4.79 Å². The van der Waals surface area contributed by atoms with E-state index < -0.39 is 12.1 Å². The van der Waals surface area contributed by atoms with Gasteiger partial charge in [-0.2, -0.15) is 0 Å². The molecule has 0 radical (unpaired) electrons. The van der Waals surface area contributed by atoms with E-state index in [0.717, 1.165) is 103 Å². The van der Waals surface area contributed by atoms with E-state index in [1.807, 2.05) is 6.08 Å². The zero-order valence-electron chi connectivity index (χ0n) is 48.6. The summed E-state index contributed by atoms with van der Waals surface area (Å²) in [6, 6.07) is -0.666. The predicted octanol–water partition coefficient (Wildman–Crippen LogP) is 21.4. The summed E-state index contributed by atoms with van der Waals surface area (Å²) in [5.41, 5.74) is 0. The quantitative estimate of drug-likeness (QED) is 0.0420. The number of carbonyl (C=O) groups excluding carboxylic acids is 1. The molecule has 2 unspecified atom stereocenters. The lowest BCUT2D eigenvalue weighted by Crippen LogP contribution is -2.45. The van der Waals surface area contributed by atoms with E-state index in [-0.39, 0.29) is 12.5 Å². The second kappa shape index (κ2) is 63.8. The van der Waals surface area contributed by atoms with Gasteiger partial charge in [0.15, 0.2) is 0 Å². The van der Waals surface area contributed by atoms with Crippen LogP contribution in [0.4, 0.5) is 0 Å². The SMILES string of the molecule is CC/C=C\C/C=C\C/C=C\C/C=C\C/C=C\C/C=C\C/C=C\C/C=C\CCCCCCCCC(=O)NC(CO)C(O)/C=C/CC/C=C/CC/C=C/CCCCCCCCCCCCCCCCCCCCCCC. The highest BCUT2D eigenvalue weighted by atomic mass is 16.3. The number of rotatable bonds is 56. The van der Waals surface area contributed by atoms with E-state index >= 15 is 0 Å². The zero-order valence-corrected chi connectivity index (χ0v) is 48.6. The summed E-state index contributed by atoms with van der Waals surface area (Å²) >= 11 is 0. The molecule has 3 N–H and O–H groups in total. The van der Waals surface area contributed by atoms with Crippen molar-refractivity contribution in [2.45, 2.75) is 296 Å². The maximum absolute atomic E-state index is 12.5. The highest BCUT2D eigenvalue weighted by Gasteiger charge is 2.18. The van der Waals surface area contributed by atoms with Crippen molar-refractivity contribution in [3.63, 3.8) is 0 Å². The Kier molecular flexibility index (Phi) is 60.8. The van der Waals surface area contributed by atoms with Gasteiger partial charge in [0.05, 0.1) is 18.8 Å². The lowest BCUT2D eigenvalue weighted by Gasteiger charge is -2.19. The van der Waals surface area contributed by atoms with E-state index in [0.29, 0.717) is 6.42 Å². The lowest BCUT2D eigenvalue weighted by atomic mass is 10.0. The average Bonchev–Trinajstić information content (AvgIpc) is 3.40. The molecule has 0 aromatic rings. The number of hydrogen-bond donors (Lipinski definition) is 3. The number of aliphatic hydroxyl groups is 2. The van der Waals surface area contributed by atoms with Gasteiger partial charge in [-0.05, 0) is 109 Å². The number of hydrogen-bond acceptors (Lipinski definition) is 3. The molecule has 0 aliphatic heterocycles. The van der Waals surface area contributed by atoms with E-state index in [1.54, 1.807) is 6.08 Å². The highest BCUT2D eigenvalue weighted by Crippen LogP contribution is 2.16. The van der Waals surface area contributed by atoms with Crippen molar-refractivity contribution >= 4 is 5.91 Å². The third-order valence-corrected chi connectivity index (χ3v) is 13.6. The molecule has 0 aromatic heterocycles. The van der Waals surface area contributed by atoms with Crippen LogP contribution in [0.25, 0.3) is 0 Å². The van der Waals surface area contributed by atoms with Gasteiger partial charge in [0.2, 0.25) is 5.91 Å². The molecule has 0 aliphatic rings. The van der Waals surface area contributed by atoms with Gasteiger partial charge >= 0.3 is 0 Å².